The summed E-state index contributed by atoms with van der Waals surface area (Å²) in [5.41, 5.74) is 3.00. The first-order valence-electron chi connectivity index (χ1n) is 5.81. The second-order valence-corrected chi connectivity index (χ2v) is 4.66. The Morgan fingerprint density at radius 1 is 1.17 bits per heavy atom. The Labute approximate surface area is 112 Å². The summed E-state index contributed by atoms with van der Waals surface area (Å²) in [6.45, 7) is 2.03. The molecule has 1 unspecified atom stereocenters. The van der Waals surface area contributed by atoms with Crippen LogP contribution in [0.1, 0.15) is 22.7 Å². The van der Waals surface area contributed by atoms with Gasteiger partial charge in [-0.2, -0.15) is 0 Å². The van der Waals surface area contributed by atoms with Gasteiger partial charge < -0.3 is 5.32 Å². The molecule has 0 fully saturated rings. The van der Waals surface area contributed by atoms with Gasteiger partial charge in [0.2, 0.25) is 0 Å². The molecular weight excluding hydrogens is 249 g/mol. The molecule has 3 heteroatoms. The molecule has 0 saturated heterocycles. The minimum absolute atomic E-state index is 0.104. The summed E-state index contributed by atoms with van der Waals surface area (Å²) in [4.78, 5) is 0. The van der Waals surface area contributed by atoms with Gasteiger partial charge >= 0.3 is 0 Å². The molecule has 0 heterocycles. The van der Waals surface area contributed by atoms with E-state index in [1.807, 2.05) is 38.2 Å². The van der Waals surface area contributed by atoms with E-state index in [0.29, 0.717) is 0 Å². The molecule has 0 saturated carbocycles. The number of hydrogen-bond donors (Lipinski definition) is 1. The highest BCUT2D eigenvalue weighted by atomic mass is 35.5. The predicted molar refractivity (Wildman–Crippen MR) is 73.5 cm³/mol. The van der Waals surface area contributed by atoms with Gasteiger partial charge in [-0.3, -0.25) is 0 Å². The van der Waals surface area contributed by atoms with Crippen LogP contribution in [-0.2, 0) is 0 Å². The molecule has 0 aliphatic rings. The number of rotatable bonds is 3. The summed E-state index contributed by atoms with van der Waals surface area (Å²) in [5, 5.41) is 3.36. The van der Waals surface area contributed by atoms with Crippen molar-refractivity contribution in [3.05, 3.63) is 70.0 Å². The average Bonchev–Trinajstić information content (AvgIpc) is 2.35. The van der Waals surface area contributed by atoms with Crippen LogP contribution in [0.15, 0.2) is 42.5 Å². The van der Waals surface area contributed by atoms with Gasteiger partial charge in [0.15, 0.2) is 0 Å². The van der Waals surface area contributed by atoms with Crippen LogP contribution < -0.4 is 5.32 Å². The van der Waals surface area contributed by atoms with Crippen molar-refractivity contribution in [3.63, 3.8) is 0 Å². The van der Waals surface area contributed by atoms with Crippen molar-refractivity contribution in [2.45, 2.75) is 13.0 Å². The molecule has 0 bridgehead atoms. The molecule has 2 rings (SSSR count). The van der Waals surface area contributed by atoms with Crippen LogP contribution in [0.4, 0.5) is 4.39 Å². The Morgan fingerprint density at radius 3 is 2.56 bits per heavy atom. The molecular formula is C15H15ClFN. The minimum Gasteiger partial charge on any atom is -0.309 e. The second-order valence-electron chi connectivity index (χ2n) is 4.28. The van der Waals surface area contributed by atoms with Crippen molar-refractivity contribution in [1.29, 1.82) is 0 Å². The fourth-order valence-electron chi connectivity index (χ4n) is 2.09. The molecule has 0 spiro atoms. The SMILES string of the molecule is CNC(c1cccc(C)c1)c1cccc(F)c1Cl. The first-order chi connectivity index (χ1) is 8.63. The lowest BCUT2D eigenvalue weighted by atomic mass is 9.97. The highest BCUT2D eigenvalue weighted by molar-refractivity contribution is 6.31. The summed E-state index contributed by atoms with van der Waals surface area (Å²) in [6.07, 6.45) is 0. The standard InChI is InChI=1S/C15H15ClFN/c1-10-5-3-6-11(9-10)15(18-2)12-7-4-8-13(17)14(12)16/h3-9,15,18H,1-2H3. The molecule has 0 amide bonds. The third-order valence-electron chi connectivity index (χ3n) is 2.96. The van der Waals surface area contributed by atoms with Gasteiger partial charge in [0.1, 0.15) is 5.82 Å². The molecule has 94 valence electrons. The van der Waals surface area contributed by atoms with Crippen molar-refractivity contribution >= 4 is 11.6 Å². The number of hydrogen-bond acceptors (Lipinski definition) is 1. The van der Waals surface area contributed by atoms with E-state index in [-0.39, 0.29) is 16.9 Å². The Kier molecular flexibility index (Phi) is 4.00. The van der Waals surface area contributed by atoms with E-state index in [2.05, 4.69) is 11.4 Å². The topological polar surface area (TPSA) is 12.0 Å². The van der Waals surface area contributed by atoms with Gasteiger partial charge in [-0.15, -0.1) is 0 Å². The van der Waals surface area contributed by atoms with E-state index in [0.717, 1.165) is 11.1 Å². The van der Waals surface area contributed by atoms with E-state index in [1.165, 1.54) is 11.6 Å². The van der Waals surface area contributed by atoms with Crippen molar-refractivity contribution < 1.29 is 4.39 Å². The normalized spacial score (nSPS) is 12.4. The lowest BCUT2D eigenvalue weighted by molar-refractivity contribution is 0.617. The van der Waals surface area contributed by atoms with Gasteiger partial charge in [-0.25, -0.2) is 4.39 Å². The van der Waals surface area contributed by atoms with Gasteiger partial charge in [0, 0.05) is 0 Å². The number of nitrogens with one attached hydrogen (secondary N) is 1. The van der Waals surface area contributed by atoms with Gasteiger partial charge in [0.25, 0.3) is 0 Å². The van der Waals surface area contributed by atoms with Crippen molar-refractivity contribution in [3.8, 4) is 0 Å². The third kappa shape index (κ3) is 2.55. The van der Waals surface area contributed by atoms with E-state index >= 15 is 0 Å². The third-order valence-corrected chi connectivity index (χ3v) is 3.36. The first-order valence-corrected chi connectivity index (χ1v) is 6.19. The summed E-state index contributed by atoms with van der Waals surface area (Å²) in [5.74, 6) is -0.387. The van der Waals surface area contributed by atoms with Crippen LogP contribution in [-0.4, -0.2) is 7.05 Å². The van der Waals surface area contributed by atoms with Crippen LogP contribution in [0.2, 0.25) is 5.02 Å². The molecule has 1 nitrogen and oxygen atoms in total. The largest absolute Gasteiger partial charge is 0.309 e. The van der Waals surface area contributed by atoms with Crippen LogP contribution >= 0.6 is 11.6 Å². The zero-order valence-electron chi connectivity index (χ0n) is 10.4. The zero-order chi connectivity index (χ0) is 13.1. The Morgan fingerprint density at radius 2 is 1.89 bits per heavy atom. The average molecular weight is 264 g/mol. The van der Waals surface area contributed by atoms with Crippen LogP contribution in [0, 0.1) is 12.7 Å². The lowest BCUT2D eigenvalue weighted by Crippen LogP contribution is -2.18. The summed E-state index contributed by atoms with van der Waals surface area (Å²) < 4.78 is 13.5. The van der Waals surface area contributed by atoms with E-state index < -0.39 is 0 Å². The zero-order valence-corrected chi connectivity index (χ0v) is 11.1. The van der Waals surface area contributed by atoms with Crippen molar-refractivity contribution in [1.82, 2.24) is 5.32 Å². The fourth-order valence-corrected chi connectivity index (χ4v) is 2.33. The van der Waals surface area contributed by atoms with E-state index in [4.69, 9.17) is 11.6 Å². The van der Waals surface area contributed by atoms with Gasteiger partial charge in [-0.1, -0.05) is 53.6 Å². The summed E-state index contributed by atoms with van der Waals surface area (Å²) in [6, 6.07) is 12.9. The van der Waals surface area contributed by atoms with Crippen LogP contribution in [0.25, 0.3) is 0 Å². The van der Waals surface area contributed by atoms with Gasteiger partial charge in [-0.05, 0) is 31.2 Å². The smallest absolute Gasteiger partial charge is 0.142 e. The molecule has 0 aliphatic heterocycles. The molecule has 1 N–H and O–H groups in total. The first kappa shape index (κ1) is 13.1. The maximum absolute atomic E-state index is 13.5. The van der Waals surface area contributed by atoms with Crippen LogP contribution in [0.5, 0.6) is 0 Å². The predicted octanol–water partition coefficient (Wildman–Crippen LogP) is 4.10. The highest BCUT2D eigenvalue weighted by Crippen LogP contribution is 2.30. The lowest BCUT2D eigenvalue weighted by Gasteiger charge is -2.19. The highest BCUT2D eigenvalue weighted by Gasteiger charge is 2.17. The monoisotopic (exact) mass is 263 g/mol. The Balaban J connectivity index is 2.49. The molecule has 0 aromatic heterocycles. The quantitative estimate of drug-likeness (QED) is 0.879. The Bertz CT molecular complexity index is 554. The maximum Gasteiger partial charge on any atom is 0.142 e. The summed E-state index contributed by atoms with van der Waals surface area (Å²) >= 11 is 6.04. The molecule has 2 aromatic rings. The van der Waals surface area contributed by atoms with E-state index in [9.17, 15) is 4.39 Å². The number of halogens is 2. The van der Waals surface area contributed by atoms with Crippen LogP contribution in [0.3, 0.4) is 0 Å². The van der Waals surface area contributed by atoms with Crippen molar-refractivity contribution in [2.24, 2.45) is 0 Å². The Hall–Kier alpha value is -1.38. The fraction of sp³-hybridized carbons (Fsp3) is 0.200. The summed E-state index contributed by atoms with van der Waals surface area (Å²) in [7, 11) is 1.84. The molecule has 2 aromatic carbocycles. The van der Waals surface area contributed by atoms with Crippen molar-refractivity contribution in [2.75, 3.05) is 7.05 Å². The molecule has 0 radical (unpaired) electrons. The van der Waals surface area contributed by atoms with Gasteiger partial charge in [0.05, 0.1) is 11.1 Å². The number of benzene rings is 2. The molecule has 18 heavy (non-hydrogen) atoms. The molecule has 0 aliphatic carbocycles. The van der Waals surface area contributed by atoms with E-state index in [1.54, 1.807) is 6.07 Å². The maximum atomic E-state index is 13.5. The number of aryl methyl sites for hydroxylation is 1. The molecule has 1 atom stereocenters. The minimum atomic E-state index is -0.387. The second kappa shape index (κ2) is 5.51.